The molecule has 2 aromatic heterocycles. The van der Waals surface area contributed by atoms with Gasteiger partial charge in [-0.1, -0.05) is 13.8 Å². The second-order valence-electron chi connectivity index (χ2n) is 8.14. The van der Waals surface area contributed by atoms with Gasteiger partial charge in [0.2, 0.25) is 0 Å². The maximum Gasteiger partial charge on any atom is 0.190 e. The molecule has 8 heteroatoms. The Balaban J connectivity index is 1.63. The number of nitrogens with one attached hydrogen (secondary N) is 3. The Kier molecular flexibility index (Phi) is 5.73. The van der Waals surface area contributed by atoms with E-state index in [0.29, 0.717) is 28.9 Å². The first kappa shape index (κ1) is 21.0. The lowest BCUT2D eigenvalue weighted by Gasteiger charge is -2.20. The van der Waals surface area contributed by atoms with Gasteiger partial charge in [0.05, 0.1) is 16.7 Å². The molecular weight excluding hydrogens is 395 g/mol. The van der Waals surface area contributed by atoms with E-state index in [1.807, 2.05) is 18.2 Å². The first-order valence-corrected chi connectivity index (χ1v) is 10.4. The van der Waals surface area contributed by atoms with Crippen LogP contribution in [0.5, 0.6) is 0 Å². The molecule has 2 aliphatic rings. The molecule has 0 amide bonds. The molecule has 0 aromatic carbocycles. The van der Waals surface area contributed by atoms with Crippen molar-refractivity contribution < 1.29 is 9.50 Å². The minimum Gasteiger partial charge on any atom is -0.504 e. The highest BCUT2D eigenvalue weighted by molar-refractivity contribution is 6.16. The quantitative estimate of drug-likeness (QED) is 0.589. The Morgan fingerprint density at radius 2 is 1.97 bits per heavy atom. The molecule has 0 spiro atoms. The zero-order chi connectivity index (χ0) is 22.1. The number of rotatable bonds is 5. The number of allylic oxidation sites excluding steroid dienone is 4. The predicted octanol–water partition coefficient (Wildman–Crippen LogP) is 3.47. The molecule has 31 heavy (non-hydrogen) atoms. The molecule has 0 radical (unpaired) electrons. The fraction of sp³-hybridized carbons (Fsp3) is 0.348. The Labute approximate surface area is 180 Å². The number of halogens is 1. The van der Waals surface area contributed by atoms with Crippen molar-refractivity contribution in [3.63, 3.8) is 0 Å². The number of aliphatic hydroxyl groups excluding tert-OH is 1. The van der Waals surface area contributed by atoms with Gasteiger partial charge in [-0.3, -0.25) is 5.41 Å². The highest BCUT2D eigenvalue weighted by Crippen LogP contribution is 2.32. The molecule has 1 saturated heterocycles. The van der Waals surface area contributed by atoms with Crippen molar-refractivity contribution in [3.05, 3.63) is 59.4 Å². The summed E-state index contributed by atoms with van der Waals surface area (Å²) in [5, 5.41) is 24.5. The average molecular weight is 423 g/mol. The normalized spacial score (nSPS) is 20.9. The molecule has 1 unspecified atom stereocenters. The summed E-state index contributed by atoms with van der Waals surface area (Å²) in [7, 11) is 1.67. The van der Waals surface area contributed by atoms with E-state index in [4.69, 9.17) is 10.4 Å². The van der Waals surface area contributed by atoms with Crippen LogP contribution in [0.4, 0.5) is 10.2 Å². The number of pyridine rings is 2. The molecule has 4 rings (SSSR count). The number of hydrogen-bond acceptors (Lipinski definition) is 7. The van der Waals surface area contributed by atoms with Crippen molar-refractivity contribution in [3.8, 4) is 0 Å². The van der Waals surface area contributed by atoms with Gasteiger partial charge in [-0.25, -0.2) is 14.4 Å². The first-order valence-electron chi connectivity index (χ1n) is 10.4. The molecule has 0 saturated carbocycles. The minimum absolute atomic E-state index is 0.239. The van der Waals surface area contributed by atoms with Crippen molar-refractivity contribution in [2.45, 2.75) is 32.4 Å². The topological polar surface area (TPSA) is 97.2 Å². The highest BCUT2D eigenvalue weighted by Gasteiger charge is 2.26. The number of aromatic nitrogens is 2. The third kappa shape index (κ3) is 4.16. The van der Waals surface area contributed by atoms with Crippen LogP contribution in [0, 0.1) is 5.41 Å². The SMILES string of the molecule is CN/C=C1/C=C(c2ccc3nc(N4CCC(NC(C)C)C4)ccc3n2)C(O)=C(F)C1=N. The van der Waals surface area contributed by atoms with Gasteiger partial charge in [-0.2, -0.15) is 0 Å². The van der Waals surface area contributed by atoms with Crippen molar-refractivity contribution in [2.24, 2.45) is 0 Å². The van der Waals surface area contributed by atoms with Gasteiger partial charge in [0.25, 0.3) is 0 Å². The molecule has 0 bridgehead atoms. The lowest BCUT2D eigenvalue weighted by atomic mass is 9.95. The van der Waals surface area contributed by atoms with Gasteiger partial charge in [-0.05, 0) is 36.8 Å². The van der Waals surface area contributed by atoms with Crippen molar-refractivity contribution in [2.75, 3.05) is 25.0 Å². The van der Waals surface area contributed by atoms with Crippen LogP contribution < -0.4 is 15.5 Å². The van der Waals surface area contributed by atoms with Gasteiger partial charge < -0.3 is 20.6 Å². The van der Waals surface area contributed by atoms with E-state index in [1.165, 1.54) is 6.20 Å². The average Bonchev–Trinajstić information content (AvgIpc) is 3.21. The van der Waals surface area contributed by atoms with Crippen LogP contribution in [0.1, 0.15) is 26.0 Å². The second kappa shape index (κ2) is 8.47. The monoisotopic (exact) mass is 422 g/mol. The van der Waals surface area contributed by atoms with Crippen molar-refractivity contribution in [1.82, 2.24) is 20.6 Å². The largest absolute Gasteiger partial charge is 0.504 e. The number of hydrogen-bond donors (Lipinski definition) is 4. The summed E-state index contributed by atoms with van der Waals surface area (Å²) in [5.41, 5.74) is 2.03. The number of fused-ring (bicyclic) bond motifs is 1. The second-order valence-corrected chi connectivity index (χ2v) is 8.14. The first-order chi connectivity index (χ1) is 14.9. The van der Waals surface area contributed by atoms with Crippen LogP contribution in [-0.2, 0) is 0 Å². The lowest BCUT2D eigenvalue weighted by molar-refractivity contribution is 0.413. The van der Waals surface area contributed by atoms with Gasteiger partial charge in [0, 0.05) is 49.6 Å². The van der Waals surface area contributed by atoms with Crippen molar-refractivity contribution in [1.29, 1.82) is 5.41 Å². The molecule has 162 valence electrons. The smallest absolute Gasteiger partial charge is 0.190 e. The van der Waals surface area contributed by atoms with Crippen LogP contribution in [-0.4, -0.2) is 53.0 Å². The number of aliphatic hydroxyl groups is 1. The Bertz CT molecular complexity index is 1120. The van der Waals surface area contributed by atoms with Gasteiger partial charge >= 0.3 is 0 Å². The fourth-order valence-electron chi connectivity index (χ4n) is 4.02. The van der Waals surface area contributed by atoms with Crippen LogP contribution in [0.25, 0.3) is 16.6 Å². The zero-order valence-electron chi connectivity index (χ0n) is 17.9. The third-order valence-corrected chi connectivity index (χ3v) is 5.46. The number of nitrogens with zero attached hydrogens (tertiary/aromatic N) is 3. The molecule has 7 nitrogen and oxygen atoms in total. The molecule has 1 fully saturated rings. The van der Waals surface area contributed by atoms with E-state index >= 15 is 0 Å². The summed E-state index contributed by atoms with van der Waals surface area (Å²) in [4.78, 5) is 11.6. The molecule has 2 aromatic rings. The Morgan fingerprint density at radius 3 is 2.71 bits per heavy atom. The van der Waals surface area contributed by atoms with Gasteiger partial charge in [0.1, 0.15) is 11.5 Å². The van der Waals surface area contributed by atoms with E-state index in [0.717, 1.165) is 30.8 Å². The van der Waals surface area contributed by atoms with E-state index in [-0.39, 0.29) is 11.3 Å². The summed E-state index contributed by atoms with van der Waals surface area (Å²) in [6.07, 6.45) is 4.15. The lowest BCUT2D eigenvalue weighted by Crippen LogP contribution is -2.37. The van der Waals surface area contributed by atoms with Gasteiger partial charge in [-0.15, -0.1) is 0 Å². The Morgan fingerprint density at radius 1 is 1.23 bits per heavy atom. The molecule has 1 atom stereocenters. The van der Waals surface area contributed by atoms with Crippen LogP contribution in [0.2, 0.25) is 0 Å². The van der Waals surface area contributed by atoms with Crippen LogP contribution in [0.3, 0.4) is 0 Å². The predicted molar refractivity (Wildman–Crippen MR) is 122 cm³/mol. The molecule has 1 aliphatic carbocycles. The maximum absolute atomic E-state index is 14.4. The summed E-state index contributed by atoms with van der Waals surface area (Å²) in [5.74, 6) is -0.628. The van der Waals surface area contributed by atoms with E-state index in [2.05, 4.69) is 34.4 Å². The van der Waals surface area contributed by atoms with Crippen LogP contribution >= 0.6 is 0 Å². The maximum atomic E-state index is 14.4. The zero-order valence-corrected chi connectivity index (χ0v) is 17.9. The van der Waals surface area contributed by atoms with Gasteiger partial charge in [0.15, 0.2) is 11.6 Å². The molecule has 3 heterocycles. The molecule has 1 aliphatic heterocycles. The van der Waals surface area contributed by atoms with E-state index in [9.17, 15) is 9.50 Å². The summed E-state index contributed by atoms with van der Waals surface area (Å²) in [6.45, 7) is 6.17. The van der Waals surface area contributed by atoms with Crippen LogP contribution in [0.15, 0.2) is 53.7 Å². The molecular formula is C23H27FN6O. The third-order valence-electron chi connectivity index (χ3n) is 5.46. The fourth-order valence-corrected chi connectivity index (χ4v) is 4.02. The van der Waals surface area contributed by atoms with E-state index in [1.54, 1.807) is 19.2 Å². The standard InChI is InChI=1S/C23H27FN6O/c1-13(2)27-15-8-9-30(12-15)20-7-6-18-19(29-20)5-4-17(28-18)16-10-14(11-26-3)22(25)21(24)23(16)31/h4-7,10-11,13,15,25-27,31H,8-9,12H2,1-3H3/b14-11-,25-22?. The van der Waals surface area contributed by atoms with Crippen molar-refractivity contribution >= 4 is 28.1 Å². The van der Waals surface area contributed by atoms with E-state index < -0.39 is 11.6 Å². The summed E-state index contributed by atoms with van der Waals surface area (Å²) in [6, 6.07) is 8.30. The Hall–Kier alpha value is -3.26. The number of anilines is 1. The minimum atomic E-state index is -0.965. The summed E-state index contributed by atoms with van der Waals surface area (Å²) >= 11 is 0. The highest BCUT2D eigenvalue weighted by atomic mass is 19.1. The summed E-state index contributed by atoms with van der Waals surface area (Å²) < 4.78 is 14.4. The molecule has 4 N–H and O–H groups in total.